The molecule has 2 atom stereocenters. The van der Waals surface area contributed by atoms with Gasteiger partial charge in [0.2, 0.25) is 5.91 Å². The summed E-state index contributed by atoms with van der Waals surface area (Å²) in [7, 11) is 0. The zero-order valence-electron chi connectivity index (χ0n) is 9.48. The third-order valence-corrected chi connectivity index (χ3v) is 2.73. The van der Waals surface area contributed by atoms with Crippen LogP contribution in [0.2, 0.25) is 0 Å². The van der Waals surface area contributed by atoms with Crippen LogP contribution in [0.5, 0.6) is 0 Å². The lowest BCUT2D eigenvalue weighted by molar-refractivity contribution is -0.121. The molecular weight excluding hydrogens is 198 g/mol. The van der Waals surface area contributed by atoms with Gasteiger partial charge in [-0.1, -0.05) is 33.6 Å². The van der Waals surface area contributed by atoms with Gasteiger partial charge in [-0.15, -0.1) is 11.6 Å². The zero-order chi connectivity index (χ0) is 11.0. The molecule has 0 bridgehead atoms. The first-order valence-corrected chi connectivity index (χ1v) is 5.94. The molecule has 84 valence electrons. The predicted molar refractivity (Wildman–Crippen MR) is 61.6 cm³/mol. The summed E-state index contributed by atoms with van der Waals surface area (Å²) in [5.74, 6) is 0.594. The van der Waals surface area contributed by atoms with Crippen molar-refractivity contribution in [2.45, 2.75) is 51.8 Å². The van der Waals surface area contributed by atoms with Gasteiger partial charge in [0.25, 0.3) is 0 Å². The Labute approximate surface area is 92.4 Å². The summed E-state index contributed by atoms with van der Waals surface area (Å²) in [5.41, 5.74) is 0. The first-order valence-electron chi connectivity index (χ1n) is 5.50. The van der Waals surface area contributed by atoms with Crippen LogP contribution < -0.4 is 5.32 Å². The van der Waals surface area contributed by atoms with Crippen molar-refractivity contribution in [2.24, 2.45) is 5.92 Å². The number of carbonyl (C=O) groups is 1. The van der Waals surface area contributed by atoms with E-state index >= 15 is 0 Å². The van der Waals surface area contributed by atoms with Gasteiger partial charge in [-0.25, -0.2) is 0 Å². The number of alkyl halides is 1. The Morgan fingerprint density at radius 1 is 1.43 bits per heavy atom. The van der Waals surface area contributed by atoms with Gasteiger partial charge in [-0.05, 0) is 12.3 Å². The summed E-state index contributed by atoms with van der Waals surface area (Å²) in [6.07, 6.45) is 3.69. The maximum absolute atomic E-state index is 11.4. The smallest absolute Gasteiger partial charge is 0.220 e. The summed E-state index contributed by atoms with van der Waals surface area (Å²) >= 11 is 5.98. The molecule has 0 saturated heterocycles. The van der Waals surface area contributed by atoms with Gasteiger partial charge in [-0.2, -0.15) is 0 Å². The summed E-state index contributed by atoms with van der Waals surface area (Å²) in [6.45, 7) is 6.88. The highest BCUT2D eigenvalue weighted by Gasteiger charge is 2.09. The van der Waals surface area contributed by atoms with Crippen LogP contribution in [0, 0.1) is 5.92 Å². The minimum atomic E-state index is 0.0842. The molecule has 0 fully saturated rings. The Bertz CT molecular complexity index is 161. The van der Waals surface area contributed by atoms with Crippen LogP contribution in [0.25, 0.3) is 0 Å². The molecule has 0 rings (SSSR count). The van der Waals surface area contributed by atoms with Crippen LogP contribution in [0.3, 0.4) is 0 Å². The highest BCUT2D eigenvalue weighted by Crippen LogP contribution is 2.07. The van der Waals surface area contributed by atoms with Gasteiger partial charge in [-0.3, -0.25) is 4.79 Å². The van der Waals surface area contributed by atoms with Crippen LogP contribution in [0.15, 0.2) is 0 Å². The number of carbonyl (C=O) groups excluding carboxylic acids is 1. The molecule has 2 unspecified atom stereocenters. The number of amides is 1. The second kappa shape index (κ2) is 8.10. The van der Waals surface area contributed by atoms with Crippen molar-refractivity contribution in [1.82, 2.24) is 5.32 Å². The summed E-state index contributed by atoms with van der Waals surface area (Å²) in [6, 6.07) is 0. The van der Waals surface area contributed by atoms with Gasteiger partial charge in [0, 0.05) is 13.0 Å². The molecule has 0 spiro atoms. The fourth-order valence-corrected chi connectivity index (χ4v) is 1.47. The molecule has 3 heteroatoms. The fraction of sp³-hybridized carbons (Fsp3) is 0.909. The Hall–Kier alpha value is -0.240. The maximum Gasteiger partial charge on any atom is 0.220 e. The van der Waals surface area contributed by atoms with Gasteiger partial charge < -0.3 is 5.32 Å². The predicted octanol–water partition coefficient (Wildman–Crippen LogP) is 2.95. The molecule has 0 aromatic rings. The largest absolute Gasteiger partial charge is 0.355 e. The van der Waals surface area contributed by atoms with Crippen molar-refractivity contribution >= 4 is 17.5 Å². The molecule has 0 aromatic heterocycles. The highest BCUT2D eigenvalue weighted by molar-refractivity contribution is 6.20. The van der Waals surface area contributed by atoms with Crippen molar-refractivity contribution < 1.29 is 4.79 Å². The second-order valence-corrected chi connectivity index (χ2v) is 4.52. The normalized spacial score (nSPS) is 14.9. The van der Waals surface area contributed by atoms with Gasteiger partial charge >= 0.3 is 0 Å². The van der Waals surface area contributed by atoms with Crippen LogP contribution in [-0.4, -0.2) is 17.8 Å². The van der Waals surface area contributed by atoms with E-state index < -0.39 is 0 Å². The van der Waals surface area contributed by atoms with E-state index in [1.807, 2.05) is 0 Å². The Morgan fingerprint density at radius 2 is 2.07 bits per heavy atom. The summed E-state index contributed by atoms with van der Waals surface area (Å²) in [5, 5.41) is 2.95. The standard InChI is InChI=1S/C11H22ClNO/c1-4-6-10(12)8-13-11(14)7-9(3)5-2/h9-10H,4-8H2,1-3H3,(H,13,14). The number of halogens is 1. The van der Waals surface area contributed by atoms with Crippen LogP contribution >= 0.6 is 11.6 Å². The molecule has 0 radical (unpaired) electrons. The molecule has 14 heavy (non-hydrogen) atoms. The van der Waals surface area contributed by atoms with Crippen molar-refractivity contribution in [3.63, 3.8) is 0 Å². The Balaban J connectivity index is 3.53. The van der Waals surface area contributed by atoms with Crippen LogP contribution in [0.4, 0.5) is 0 Å². The van der Waals surface area contributed by atoms with Gasteiger partial charge in [0.15, 0.2) is 0 Å². The average molecular weight is 220 g/mol. The molecule has 1 N–H and O–H groups in total. The molecule has 0 aliphatic rings. The lowest BCUT2D eigenvalue weighted by Crippen LogP contribution is -2.30. The molecule has 1 amide bonds. The molecule has 0 aliphatic carbocycles. The molecular formula is C11H22ClNO. The molecule has 0 heterocycles. The van der Waals surface area contributed by atoms with Crippen molar-refractivity contribution in [3.05, 3.63) is 0 Å². The third-order valence-electron chi connectivity index (χ3n) is 2.35. The van der Waals surface area contributed by atoms with Crippen molar-refractivity contribution in [3.8, 4) is 0 Å². The first-order chi connectivity index (χ1) is 6.60. The Kier molecular flexibility index (Phi) is 7.96. The number of hydrogen-bond donors (Lipinski definition) is 1. The van der Waals surface area contributed by atoms with E-state index in [2.05, 4.69) is 26.1 Å². The minimum Gasteiger partial charge on any atom is -0.355 e. The Morgan fingerprint density at radius 3 is 2.57 bits per heavy atom. The third kappa shape index (κ3) is 7.19. The van der Waals surface area contributed by atoms with E-state index in [1.165, 1.54) is 0 Å². The van der Waals surface area contributed by atoms with E-state index in [9.17, 15) is 4.79 Å². The minimum absolute atomic E-state index is 0.0842. The summed E-state index contributed by atoms with van der Waals surface area (Å²) in [4.78, 5) is 11.4. The number of rotatable bonds is 7. The first kappa shape index (κ1) is 13.8. The highest BCUT2D eigenvalue weighted by atomic mass is 35.5. The maximum atomic E-state index is 11.4. The summed E-state index contributed by atoms with van der Waals surface area (Å²) < 4.78 is 0. The quantitative estimate of drug-likeness (QED) is 0.656. The van der Waals surface area contributed by atoms with E-state index in [0.29, 0.717) is 18.9 Å². The van der Waals surface area contributed by atoms with E-state index in [0.717, 1.165) is 19.3 Å². The lowest BCUT2D eigenvalue weighted by atomic mass is 10.1. The van der Waals surface area contributed by atoms with Crippen LogP contribution in [-0.2, 0) is 4.79 Å². The number of nitrogens with one attached hydrogen (secondary N) is 1. The fourth-order valence-electron chi connectivity index (χ4n) is 1.17. The lowest BCUT2D eigenvalue weighted by Gasteiger charge is -2.11. The van der Waals surface area contributed by atoms with Crippen LogP contribution in [0.1, 0.15) is 46.5 Å². The molecule has 0 aliphatic heterocycles. The average Bonchev–Trinajstić information content (AvgIpc) is 2.15. The zero-order valence-corrected chi connectivity index (χ0v) is 10.2. The molecule has 0 saturated carbocycles. The molecule has 0 aromatic carbocycles. The van der Waals surface area contributed by atoms with Crippen molar-refractivity contribution in [1.29, 1.82) is 0 Å². The SMILES string of the molecule is CCCC(Cl)CNC(=O)CC(C)CC. The molecule has 2 nitrogen and oxygen atoms in total. The van der Waals surface area contributed by atoms with E-state index in [-0.39, 0.29) is 11.3 Å². The van der Waals surface area contributed by atoms with E-state index in [4.69, 9.17) is 11.6 Å². The van der Waals surface area contributed by atoms with Crippen molar-refractivity contribution in [2.75, 3.05) is 6.54 Å². The topological polar surface area (TPSA) is 29.1 Å². The monoisotopic (exact) mass is 219 g/mol. The van der Waals surface area contributed by atoms with Gasteiger partial charge in [0.05, 0.1) is 5.38 Å². The van der Waals surface area contributed by atoms with E-state index in [1.54, 1.807) is 0 Å². The van der Waals surface area contributed by atoms with Gasteiger partial charge in [0.1, 0.15) is 0 Å². The second-order valence-electron chi connectivity index (χ2n) is 3.91. The number of hydrogen-bond acceptors (Lipinski definition) is 1.